The van der Waals surface area contributed by atoms with Crippen LogP contribution in [0, 0.1) is 11.8 Å². The number of nitrogens with zero attached hydrogens (tertiary/aromatic N) is 1. The fourth-order valence-corrected chi connectivity index (χ4v) is 3.40. The molecule has 0 aliphatic heterocycles. The number of hydrogen-bond acceptors (Lipinski definition) is 2. The van der Waals surface area contributed by atoms with E-state index in [1.165, 1.54) is 12.8 Å². The van der Waals surface area contributed by atoms with Gasteiger partial charge in [-0.1, -0.05) is 26.7 Å². The number of carbonyl (C=O) groups excluding carboxylic acids is 1. The molecule has 1 fully saturated rings. The maximum Gasteiger partial charge on any atom is 0.317 e. The zero-order valence-corrected chi connectivity index (χ0v) is 13.8. The summed E-state index contributed by atoms with van der Waals surface area (Å²) in [5.74, 6) is 0.213. The number of hydrogen-bond donors (Lipinski definition) is 2. The molecule has 0 radical (unpaired) electrons. The first kappa shape index (κ1) is 17.8. The highest BCUT2D eigenvalue weighted by atomic mass is 16.4. The Morgan fingerprint density at radius 2 is 1.86 bits per heavy atom. The van der Waals surface area contributed by atoms with Crippen LogP contribution < -0.4 is 5.32 Å². The standard InChI is InChI=1S/C16H30N2O3/c1-5-18(12(4)10-15(19)20)16(21)17-14-9-7-6-8-13(14)11(2)3/h11-14H,5-10H2,1-4H3,(H,17,21)(H,19,20). The van der Waals surface area contributed by atoms with Gasteiger partial charge in [0.15, 0.2) is 0 Å². The predicted octanol–water partition coefficient (Wildman–Crippen LogP) is 3.10. The molecule has 0 aromatic carbocycles. The third-order valence-corrected chi connectivity index (χ3v) is 4.59. The molecule has 1 saturated carbocycles. The van der Waals surface area contributed by atoms with Gasteiger partial charge in [0.2, 0.25) is 0 Å². The maximum atomic E-state index is 12.5. The lowest BCUT2D eigenvalue weighted by Crippen LogP contribution is -2.52. The first-order valence-electron chi connectivity index (χ1n) is 8.15. The van der Waals surface area contributed by atoms with Crippen molar-refractivity contribution in [2.24, 2.45) is 11.8 Å². The quantitative estimate of drug-likeness (QED) is 0.791. The molecular formula is C16H30N2O3. The number of carbonyl (C=O) groups is 2. The number of aliphatic carboxylic acids is 1. The van der Waals surface area contributed by atoms with Gasteiger partial charge in [-0.3, -0.25) is 4.79 Å². The number of rotatable bonds is 6. The number of urea groups is 1. The molecule has 122 valence electrons. The van der Waals surface area contributed by atoms with Gasteiger partial charge >= 0.3 is 12.0 Å². The molecule has 0 aromatic heterocycles. The molecule has 5 nitrogen and oxygen atoms in total. The lowest BCUT2D eigenvalue weighted by molar-refractivity contribution is -0.138. The second-order valence-electron chi connectivity index (χ2n) is 6.48. The van der Waals surface area contributed by atoms with Gasteiger partial charge in [0, 0.05) is 18.6 Å². The summed E-state index contributed by atoms with van der Waals surface area (Å²) in [5, 5.41) is 12.0. The summed E-state index contributed by atoms with van der Waals surface area (Å²) in [6, 6.07) is -0.185. The van der Waals surface area contributed by atoms with Crippen LogP contribution in [0.4, 0.5) is 4.79 Å². The minimum atomic E-state index is -0.869. The molecule has 0 bridgehead atoms. The van der Waals surface area contributed by atoms with Crippen LogP contribution in [-0.4, -0.2) is 40.6 Å². The van der Waals surface area contributed by atoms with Gasteiger partial charge in [-0.05, 0) is 38.5 Å². The molecule has 0 heterocycles. The van der Waals surface area contributed by atoms with Gasteiger partial charge in [-0.15, -0.1) is 0 Å². The first-order valence-corrected chi connectivity index (χ1v) is 8.15. The molecule has 3 atom stereocenters. The van der Waals surface area contributed by atoms with Crippen molar-refractivity contribution in [3.8, 4) is 0 Å². The molecule has 0 aromatic rings. The van der Waals surface area contributed by atoms with Crippen LogP contribution >= 0.6 is 0 Å². The molecule has 3 unspecified atom stereocenters. The molecule has 0 spiro atoms. The fraction of sp³-hybridized carbons (Fsp3) is 0.875. The highest BCUT2D eigenvalue weighted by Crippen LogP contribution is 2.30. The number of carboxylic acid groups (broad SMARTS) is 1. The Hall–Kier alpha value is -1.26. The maximum absolute atomic E-state index is 12.5. The van der Waals surface area contributed by atoms with E-state index in [1.807, 2.05) is 6.92 Å². The Bertz CT molecular complexity index is 357. The van der Waals surface area contributed by atoms with E-state index in [2.05, 4.69) is 19.2 Å². The predicted molar refractivity (Wildman–Crippen MR) is 83.2 cm³/mol. The Morgan fingerprint density at radius 3 is 2.38 bits per heavy atom. The summed E-state index contributed by atoms with van der Waals surface area (Å²) in [5.41, 5.74) is 0. The van der Waals surface area contributed by atoms with Crippen LogP contribution in [-0.2, 0) is 4.79 Å². The SMILES string of the molecule is CCN(C(=O)NC1CCCCC1C(C)C)C(C)CC(=O)O. The summed E-state index contributed by atoms with van der Waals surface area (Å²) >= 11 is 0. The Labute approximate surface area is 128 Å². The van der Waals surface area contributed by atoms with Crippen LogP contribution in [0.5, 0.6) is 0 Å². The average Bonchev–Trinajstić information content (AvgIpc) is 2.38. The van der Waals surface area contributed by atoms with Crippen molar-refractivity contribution >= 4 is 12.0 Å². The smallest absolute Gasteiger partial charge is 0.317 e. The average molecular weight is 298 g/mol. The molecular weight excluding hydrogens is 268 g/mol. The van der Waals surface area contributed by atoms with Crippen molar-refractivity contribution in [1.82, 2.24) is 10.2 Å². The van der Waals surface area contributed by atoms with E-state index in [-0.39, 0.29) is 24.5 Å². The van der Waals surface area contributed by atoms with Gasteiger partial charge in [0.1, 0.15) is 0 Å². The Balaban J connectivity index is 2.65. The molecule has 21 heavy (non-hydrogen) atoms. The summed E-state index contributed by atoms with van der Waals surface area (Å²) in [6.45, 7) is 8.62. The van der Waals surface area contributed by atoms with E-state index >= 15 is 0 Å². The number of nitrogens with one attached hydrogen (secondary N) is 1. The van der Waals surface area contributed by atoms with Crippen molar-refractivity contribution in [2.45, 2.75) is 71.9 Å². The van der Waals surface area contributed by atoms with Gasteiger partial charge < -0.3 is 15.3 Å². The van der Waals surface area contributed by atoms with E-state index in [1.54, 1.807) is 11.8 Å². The topological polar surface area (TPSA) is 69.6 Å². The van der Waals surface area contributed by atoms with Gasteiger partial charge in [-0.2, -0.15) is 0 Å². The second kappa shape index (κ2) is 8.25. The molecule has 0 saturated heterocycles. The summed E-state index contributed by atoms with van der Waals surface area (Å²) < 4.78 is 0. The van der Waals surface area contributed by atoms with E-state index < -0.39 is 5.97 Å². The van der Waals surface area contributed by atoms with E-state index in [9.17, 15) is 9.59 Å². The molecule has 5 heteroatoms. The van der Waals surface area contributed by atoms with Crippen molar-refractivity contribution in [1.29, 1.82) is 0 Å². The van der Waals surface area contributed by atoms with Crippen molar-refractivity contribution in [3.63, 3.8) is 0 Å². The minimum absolute atomic E-state index is 0.0143. The first-order chi connectivity index (χ1) is 9.86. The molecule has 2 amide bonds. The van der Waals surface area contributed by atoms with Crippen LogP contribution in [0.15, 0.2) is 0 Å². The molecule has 1 aliphatic carbocycles. The van der Waals surface area contributed by atoms with E-state index in [0.717, 1.165) is 12.8 Å². The lowest BCUT2D eigenvalue weighted by atomic mass is 9.78. The fourth-order valence-electron chi connectivity index (χ4n) is 3.40. The van der Waals surface area contributed by atoms with Gasteiger partial charge in [0.25, 0.3) is 0 Å². The van der Waals surface area contributed by atoms with Crippen LogP contribution in [0.1, 0.15) is 59.8 Å². The van der Waals surface area contributed by atoms with E-state index in [4.69, 9.17) is 5.11 Å². The molecule has 1 rings (SSSR count). The summed E-state index contributed by atoms with van der Waals surface area (Å²) in [4.78, 5) is 24.9. The lowest BCUT2D eigenvalue weighted by Gasteiger charge is -2.37. The van der Waals surface area contributed by atoms with Crippen LogP contribution in [0.3, 0.4) is 0 Å². The minimum Gasteiger partial charge on any atom is -0.481 e. The van der Waals surface area contributed by atoms with Crippen LogP contribution in [0.2, 0.25) is 0 Å². The third kappa shape index (κ3) is 5.21. The Morgan fingerprint density at radius 1 is 1.24 bits per heavy atom. The van der Waals surface area contributed by atoms with Crippen molar-refractivity contribution < 1.29 is 14.7 Å². The number of amides is 2. The van der Waals surface area contributed by atoms with Crippen molar-refractivity contribution in [2.75, 3.05) is 6.54 Å². The largest absolute Gasteiger partial charge is 0.481 e. The summed E-state index contributed by atoms with van der Waals surface area (Å²) in [6.07, 6.45) is 4.57. The van der Waals surface area contributed by atoms with E-state index in [0.29, 0.717) is 18.4 Å². The van der Waals surface area contributed by atoms with Gasteiger partial charge in [-0.25, -0.2) is 4.79 Å². The third-order valence-electron chi connectivity index (χ3n) is 4.59. The van der Waals surface area contributed by atoms with Crippen molar-refractivity contribution in [3.05, 3.63) is 0 Å². The Kier molecular flexibility index (Phi) is 6.99. The second-order valence-corrected chi connectivity index (χ2v) is 6.48. The zero-order chi connectivity index (χ0) is 16.0. The number of carboxylic acids is 1. The molecule has 2 N–H and O–H groups in total. The molecule has 1 aliphatic rings. The monoisotopic (exact) mass is 298 g/mol. The van der Waals surface area contributed by atoms with Crippen LogP contribution in [0.25, 0.3) is 0 Å². The van der Waals surface area contributed by atoms with Gasteiger partial charge in [0.05, 0.1) is 6.42 Å². The summed E-state index contributed by atoms with van der Waals surface area (Å²) in [7, 11) is 0. The normalized spacial score (nSPS) is 23.7. The highest BCUT2D eigenvalue weighted by Gasteiger charge is 2.30. The highest BCUT2D eigenvalue weighted by molar-refractivity contribution is 5.76. The zero-order valence-electron chi connectivity index (χ0n) is 13.8.